The molecule has 1 saturated carbocycles. The first-order valence-corrected chi connectivity index (χ1v) is 8.75. The van der Waals surface area contributed by atoms with Crippen LogP contribution in [-0.2, 0) is 4.79 Å². The second-order valence-corrected chi connectivity index (χ2v) is 7.32. The molecule has 1 fully saturated rings. The molecule has 0 bridgehead atoms. The van der Waals surface area contributed by atoms with Gasteiger partial charge < -0.3 is 10.0 Å². The topological polar surface area (TPSA) is 70.5 Å². The molecule has 0 spiro atoms. The summed E-state index contributed by atoms with van der Waals surface area (Å²) in [6.07, 6.45) is 1.75. The zero-order valence-electron chi connectivity index (χ0n) is 12.3. The van der Waals surface area contributed by atoms with E-state index in [-0.39, 0.29) is 11.9 Å². The van der Waals surface area contributed by atoms with Crippen LogP contribution in [-0.4, -0.2) is 39.0 Å². The minimum Gasteiger partial charge on any atom is -0.480 e. The number of thiazole rings is 1. The van der Waals surface area contributed by atoms with Crippen LogP contribution in [0.4, 0.5) is 0 Å². The Hall–Kier alpha value is -1.73. The Kier molecular flexibility index (Phi) is 4.01. The summed E-state index contributed by atoms with van der Waals surface area (Å²) in [6, 6.07) is 3.15. The van der Waals surface area contributed by atoms with Gasteiger partial charge in [-0.2, -0.15) is 0 Å². The number of aromatic nitrogens is 1. The van der Waals surface area contributed by atoms with E-state index in [1.165, 1.54) is 16.2 Å². The zero-order valence-corrected chi connectivity index (χ0v) is 13.9. The van der Waals surface area contributed by atoms with E-state index < -0.39 is 12.0 Å². The van der Waals surface area contributed by atoms with Gasteiger partial charge in [-0.1, -0.05) is 6.07 Å². The summed E-state index contributed by atoms with van der Waals surface area (Å²) >= 11 is 2.92. The van der Waals surface area contributed by atoms with Crippen molar-refractivity contribution >= 4 is 34.6 Å². The number of rotatable bonds is 5. The fourth-order valence-corrected chi connectivity index (χ4v) is 4.15. The molecule has 1 atom stereocenters. The van der Waals surface area contributed by atoms with Crippen molar-refractivity contribution in [3.05, 3.63) is 28.1 Å². The molecule has 7 heteroatoms. The molecule has 1 N–H and O–H groups in total. The summed E-state index contributed by atoms with van der Waals surface area (Å²) in [6.45, 7) is 3.37. The molecular weight excluding hydrogens is 320 g/mol. The van der Waals surface area contributed by atoms with Gasteiger partial charge in [0.2, 0.25) is 0 Å². The number of aryl methyl sites for hydroxylation is 1. The van der Waals surface area contributed by atoms with Gasteiger partial charge in [0.25, 0.3) is 5.91 Å². The number of nitrogens with zero attached hydrogens (tertiary/aromatic N) is 2. The molecule has 0 aromatic carbocycles. The molecule has 3 rings (SSSR count). The third kappa shape index (κ3) is 2.78. The maximum absolute atomic E-state index is 12.8. The number of carbonyl (C=O) groups is 2. The van der Waals surface area contributed by atoms with Crippen LogP contribution in [0.2, 0.25) is 0 Å². The van der Waals surface area contributed by atoms with E-state index in [0.29, 0.717) is 10.6 Å². The third-order valence-corrected chi connectivity index (χ3v) is 5.86. The van der Waals surface area contributed by atoms with Crippen LogP contribution in [0.15, 0.2) is 17.5 Å². The second-order valence-electron chi connectivity index (χ2n) is 5.37. The Bertz CT molecular complexity index is 704. The number of carboxylic acid groups (broad SMARTS) is 1. The minimum absolute atomic E-state index is 0.0466. The summed E-state index contributed by atoms with van der Waals surface area (Å²) < 4.78 is 0. The Labute approximate surface area is 136 Å². The Morgan fingerprint density at radius 1 is 1.45 bits per heavy atom. The highest BCUT2D eigenvalue weighted by atomic mass is 32.1. The van der Waals surface area contributed by atoms with Gasteiger partial charge >= 0.3 is 5.97 Å². The second kappa shape index (κ2) is 5.81. The van der Waals surface area contributed by atoms with Crippen molar-refractivity contribution in [2.45, 2.75) is 38.8 Å². The maximum Gasteiger partial charge on any atom is 0.326 e. The lowest BCUT2D eigenvalue weighted by Crippen LogP contribution is -2.44. The van der Waals surface area contributed by atoms with E-state index in [0.717, 1.165) is 22.7 Å². The predicted octanol–water partition coefficient (Wildman–Crippen LogP) is 3.26. The predicted molar refractivity (Wildman–Crippen MR) is 86.5 cm³/mol. The molecule has 1 amide bonds. The van der Waals surface area contributed by atoms with Gasteiger partial charge in [-0.15, -0.1) is 22.7 Å². The Morgan fingerprint density at radius 2 is 2.18 bits per heavy atom. The Balaban J connectivity index is 1.92. The van der Waals surface area contributed by atoms with Gasteiger partial charge in [-0.25, -0.2) is 9.78 Å². The largest absolute Gasteiger partial charge is 0.480 e. The monoisotopic (exact) mass is 336 g/mol. The number of aliphatic carboxylic acids is 1. The standard InChI is InChI=1S/C15H16N2O3S2/c1-8-12(22-13(16-8)11-4-3-7-21-11)14(18)17(10-5-6-10)9(2)15(19)20/h3-4,7,9-10H,5-6H2,1-2H3,(H,19,20). The van der Waals surface area contributed by atoms with Crippen LogP contribution in [0.3, 0.4) is 0 Å². The van der Waals surface area contributed by atoms with Crippen molar-refractivity contribution in [2.75, 3.05) is 0 Å². The number of amides is 1. The summed E-state index contributed by atoms with van der Waals surface area (Å²) in [5.41, 5.74) is 0.668. The van der Waals surface area contributed by atoms with Gasteiger partial charge in [0.05, 0.1) is 10.6 Å². The van der Waals surface area contributed by atoms with Gasteiger partial charge in [0.15, 0.2) is 0 Å². The highest BCUT2D eigenvalue weighted by Crippen LogP contribution is 2.35. The van der Waals surface area contributed by atoms with E-state index >= 15 is 0 Å². The van der Waals surface area contributed by atoms with Crippen LogP contribution in [0.1, 0.15) is 35.1 Å². The number of thiophene rings is 1. The van der Waals surface area contributed by atoms with Crippen molar-refractivity contribution in [3.8, 4) is 9.88 Å². The average molecular weight is 336 g/mol. The van der Waals surface area contributed by atoms with Gasteiger partial charge in [-0.05, 0) is 38.1 Å². The molecule has 5 nitrogen and oxygen atoms in total. The minimum atomic E-state index is -0.971. The fraction of sp³-hybridized carbons (Fsp3) is 0.400. The zero-order chi connectivity index (χ0) is 15.9. The fourth-order valence-electron chi connectivity index (χ4n) is 2.35. The molecule has 2 aromatic heterocycles. The van der Waals surface area contributed by atoms with Gasteiger partial charge in [0, 0.05) is 6.04 Å². The van der Waals surface area contributed by atoms with Gasteiger partial charge in [-0.3, -0.25) is 4.79 Å². The molecular formula is C15H16N2O3S2. The van der Waals surface area contributed by atoms with Crippen molar-refractivity contribution < 1.29 is 14.7 Å². The first-order chi connectivity index (χ1) is 10.5. The van der Waals surface area contributed by atoms with E-state index in [4.69, 9.17) is 0 Å². The Morgan fingerprint density at radius 3 is 2.73 bits per heavy atom. The smallest absolute Gasteiger partial charge is 0.326 e. The van der Waals surface area contributed by atoms with Gasteiger partial charge in [0.1, 0.15) is 15.9 Å². The lowest BCUT2D eigenvalue weighted by atomic mass is 10.2. The van der Waals surface area contributed by atoms with Crippen LogP contribution in [0.5, 0.6) is 0 Å². The van der Waals surface area contributed by atoms with E-state index in [2.05, 4.69) is 4.98 Å². The highest BCUT2D eigenvalue weighted by molar-refractivity contribution is 7.22. The lowest BCUT2D eigenvalue weighted by molar-refractivity contribution is -0.141. The maximum atomic E-state index is 12.8. The molecule has 22 heavy (non-hydrogen) atoms. The van der Waals surface area contributed by atoms with E-state index in [1.807, 2.05) is 17.5 Å². The van der Waals surface area contributed by atoms with Crippen LogP contribution in [0.25, 0.3) is 9.88 Å². The highest BCUT2D eigenvalue weighted by Gasteiger charge is 2.40. The molecule has 1 aliphatic carbocycles. The van der Waals surface area contributed by atoms with E-state index in [1.54, 1.807) is 25.2 Å². The number of hydrogen-bond donors (Lipinski definition) is 1. The van der Waals surface area contributed by atoms with Crippen molar-refractivity contribution in [1.82, 2.24) is 9.88 Å². The SMILES string of the molecule is Cc1nc(-c2cccs2)sc1C(=O)N(C1CC1)C(C)C(=O)O. The summed E-state index contributed by atoms with van der Waals surface area (Å²) in [4.78, 5) is 31.6. The van der Waals surface area contributed by atoms with E-state index in [9.17, 15) is 14.7 Å². The lowest BCUT2D eigenvalue weighted by Gasteiger charge is -2.26. The van der Waals surface area contributed by atoms with Crippen molar-refractivity contribution in [1.29, 1.82) is 0 Å². The molecule has 0 saturated heterocycles. The van der Waals surface area contributed by atoms with Crippen LogP contribution in [0, 0.1) is 6.92 Å². The van der Waals surface area contributed by atoms with Crippen molar-refractivity contribution in [3.63, 3.8) is 0 Å². The molecule has 0 aliphatic heterocycles. The molecule has 2 aromatic rings. The molecule has 116 valence electrons. The van der Waals surface area contributed by atoms with Crippen LogP contribution < -0.4 is 0 Å². The molecule has 0 radical (unpaired) electrons. The normalized spacial score (nSPS) is 15.5. The van der Waals surface area contributed by atoms with Crippen molar-refractivity contribution in [2.24, 2.45) is 0 Å². The summed E-state index contributed by atoms with van der Waals surface area (Å²) in [5.74, 6) is -1.18. The molecule has 1 unspecified atom stereocenters. The molecule has 2 heterocycles. The quantitative estimate of drug-likeness (QED) is 0.910. The number of carbonyl (C=O) groups excluding carboxylic acids is 1. The first kappa shape index (κ1) is 15.2. The number of hydrogen-bond acceptors (Lipinski definition) is 5. The number of carboxylic acids is 1. The summed E-state index contributed by atoms with van der Waals surface area (Å²) in [5, 5.41) is 12.0. The summed E-state index contributed by atoms with van der Waals surface area (Å²) in [7, 11) is 0. The first-order valence-electron chi connectivity index (χ1n) is 7.06. The molecule has 1 aliphatic rings. The third-order valence-electron chi connectivity index (χ3n) is 3.67. The van der Waals surface area contributed by atoms with Crippen LogP contribution >= 0.6 is 22.7 Å². The average Bonchev–Trinajstić information content (AvgIpc) is 3.01.